The van der Waals surface area contributed by atoms with E-state index in [4.69, 9.17) is 9.84 Å². The quantitative estimate of drug-likeness (QED) is 0.197. The maximum Gasteiger partial charge on any atom is 0.347 e. The maximum atomic E-state index is 13.2. The third-order valence-electron chi connectivity index (χ3n) is 2.86. The van der Waals surface area contributed by atoms with Gasteiger partial charge in [0.05, 0.1) is 11.0 Å². The zero-order valence-electron chi connectivity index (χ0n) is 12.4. The molecule has 0 aliphatic heterocycles. The second-order valence-electron chi connectivity index (χ2n) is 4.55. The van der Waals surface area contributed by atoms with Crippen molar-refractivity contribution in [1.29, 1.82) is 0 Å². The monoisotopic (exact) mass is 326 g/mol. The summed E-state index contributed by atoms with van der Waals surface area (Å²) in [7, 11) is 0. The van der Waals surface area contributed by atoms with Crippen LogP contribution in [0.25, 0.3) is 0 Å². The first-order valence-electron chi connectivity index (χ1n) is 6.61. The molecule has 8 nitrogen and oxygen atoms in total. The molecule has 1 aromatic rings. The van der Waals surface area contributed by atoms with Crippen LogP contribution in [0.3, 0.4) is 0 Å². The predicted octanol–water partition coefficient (Wildman–Crippen LogP) is 2.46. The number of carbonyl (C=O) groups is 2. The fraction of sp³-hybridized carbons (Fsp3) is 0.286. The van der Waals surface area contributed by atoms with E-state index in [9.17, 15) is 24.1 Å². The Bertz CT molecular complexity index is 659. The van der Waals surface area contributed by atoms with Crippen molar-refractivity contribution < 1.29 is 28.7 Å². The Morgan fingerprint density at radius 3 is 2.70 bits per heavy atom. The fourth-order valence-electron chi connectivity index (χ4n) is 1.44. The summed E-state index contributed by atoms with van der Waals surface area (Å²) < 4.78 is 18.1. The number of benzene rings is 1. The van der Waals surface area contributed by atoms with Crippen LogP contribution in [0.5, 0.6) is 0 Å². The highest BCUT2D eigenvalue weighted by molar-refractivity contribution is 6.13. The normalized spacial score (nSPS) is 12.4. The molecular weight excluding hydrogens is 311 g/mol. The number of anilines is 1. The average molecular weight is 326 g/mol. The molecule has 23 heavy (non-hydrogen) atoms. The van der Waals surface area contributed by atoms with Crippen LogP contribution < -0.4 is 5.32 Å². The van der Waals surface area contributed by atoms with E-state index in [0.29, 0.717) is 6.42 Å². The lowest BCUT2D eigenvalue weighted by Gasteiger charge is -2.11. The molecule has 1 aromatic carbocycles. The zero-order chi connectivity index (χ0) is 17.6. The van der Waals surface area contributed by atoms with Crippen LogP contribution in [0, 0.1) is 15.9 Å². The van der Waals surface area contributed by atoms with Crippen LogP contribution >= 0.6 is 0 Å². The minimum atomic E-state index is -1.53. The molecule has 1 unspecified atom stereocenters. The number of hydrogen-bond donors (Lipinski definition) is 2. The van der Waals surface area contributed by atoms with E-state index in [1.54, 1.807) is 13.8 Å². The van der Waals surface area contributed by atoms with Crippen molar-refractivity contribution in [3.05, 3.63) is 45.9 Å². The number of esters is 1. The van der Waals surface area contributed by atoms with Gasteiger partial charge in [-0.25, -0.2) is 9.59 Å². The molecule has 1 atom stereocenters. The number of rotatable bonds is 7. The van der Waals surface area contributed by atoms with E-state index < -0.39 is 40.0 Å². The van der Waals surface area contributed by atoms with Crippen LogP contribution in [-0.2, 0) is 14.3 Å². The molecule has 0 saturated heterocycles. The molecule has 0 spiro atoms. The zero-order valence-corrected chi connectivity index (χ0v) is 12.4. The molecule has 0 fully saturated rings. The summed E-state index contributed by atoms with van der Waals surface area (Å²) in [5, 5.41) is 22.1. The Labute approximate surface area is 130 Å². The number of nitro benzene ring substituents is 1. The number of carbonyl (C=O) groups excluding carboxylic acids is 1. The van der Waals surface area contributed by atoms with Gasteiger partial charge < -0.3 is 15.2 Å². The largest absolute Gasteiger partial charge is 0.477 e. The lowest BCUT2D eigenvalue weighted by Crippen LogP contribution is -2.21. The van der Waals surface area contributed by atoms with Crippen molar-refractivity contribution in [3.63, 3.8) is 0 Å². The van der Waals surface area contributed by atoms with Crippen LogP contribution in [0.15, 0.2) is 30.0 Å². The molecule has 0 bridgehead atoms. The minimum absolute atomic E-state index is 0.0492. The van der Waals surface area contributed by atoms with Gasteiger partial charge in [-0.3, -0.25) is 10.1 Å². The molecular formula is C14H15FN2O6. The highest BCUT2D eigenvalue weighted by Gasteiger charge is 2.21. The molecule has 1 rings (SSSR count). The molecule has 0 radical (unpaired) electrons. The summed E-state index contributed by atoms with van der Waals surface area (Å²) in [4.78, 5) is 32.5. The first-order chi connectivity index (χ1) is 10.8. The van der Waals surface area contributed by atoms with Gasteiger partial charge in [0.25, 0.3) is 0 Å². The topological polar surface area (TPSA) is 119 Å². The van der Waals surface area contributed by atoms with Gasteiger partial charge in [0, 0.05) is 18.0 Å². The van der Waals surface area contributed by atoms with Gasteiger partial charge in [-0.2, -0.15) is 4.39 Å². The molecule has 0 aliphatic carbocycles. The number of carboxylic acid groups (broad SMARTS) is 1. The van der Waals surface area contributed by atoms with Crippen molar-refractivity contribution >= 4 is 23.3 Å². The fourth-order valence-corrected chi connectivity index (χ4v) is 1.44. The predicted molar refractivity (Wildman–Crippen MR) is 78.2 cm³/mol. The smallest absolute Gasteiger partial charge is 0.347 e. The van der Waals surface area contributed by atoms with Crippen molar-refractivity contribution in [1.82, 2.24) is 0 Å². The highest BCUT2D eigenvalue weighted by atomic mass is 19.1. The van der Waals surface area contributed by atoms with Crippen molar-refractivity contribution in [2.24, 2.45) is 0 Å². The standard InChI is InChI=1S/C14H15FN2O6/c1-3-8(2)23-14(20)10(13(18)19)7-16-9-4-5-11(15)12(6-9)17(21)22/h4-8,16H,3H2,1-2H3,(H,18,19). The number of aliphatic carboxylic acids is 1. The average Bonchev–Trinajstić information content (AvgIpc) is 2.48. The van der Waals surface area contributed by atoms with Crippen LogP contribution in [0.1, 0.15) is 20.3 Å². The van der Waals surface area contributed by atoms with Crippen LogP contribution in [0.2, 0.25) is 0 Å². The summed E-state index contributed by atoms with van der Waals surface area (Å²) >= 11 is 0. The number of carboxylic acids is 1. The summed E-state index contributed by atoms with van der Waals surface area (Å²) in [6.07, 6.45) is 0.886. The lowest BCUT2D eigenvalue weighted by molar-refractivity contribution is -0.387. The van der Waals surface area contributed by atoms with Gasteiger partial charge in [-0.05, 0) is 25.5 Å². The highest BCUT2D eigenvalue weighted by Crippen LogP contribution is 2.21. The van der Waals surface area contributed by atoms with E-state index in [1.165, 1.54) is 0 Å². The molecule has 9 heteroatoms. The first-order valence-corrected chi connectivity index (χ1v) is 6.61. The second-order valence-corrected chi connectivity index (χ2v) is 4.55. The number of halogens is 1. The third-order valence-corrected chi connectivity index (χ3v) is 2.86. The van der Waals surface area contributed by atoms with Gasteiger partial charge >= 0.3 is 17.6 Å². The van der Waals surface area contributed by atoms with E-state index in [2.05, 4.69) is 5.32 Å². The van der Waals surface area contributed by atoms with E-state index >= 15 is 0 Å². The number of ether oxygens (including phenoxy) is 1. The Balaban J connectivity index is 2.98. The van der Waals surface area contributed by atoms with Gasteiger partial charge in [-0.15, -0.1) is 0 Å². The van der Waals surface area contributed by atoms with Gasteiger partial charge in [-0.1, -0.05) is 6.92 Å². The Morgan fingerprint density at radius 2 is 2.17 bits per heavy atom. The van der Waals surface area contributed by atoms with Gasteiger partial charge in [0.15, 0.2) is 5.57 Å². The van der Waals surface area contributed by atoms with E-state index in [1.807, 2.05) is 0 Å². The lowest BCUT2D eigenvalue weighted by atomic mass is 10.2. The molecule has 0 aromatic heterocycles. The van der Waals surface area contributed by atoms with Crippen LogP contribution in [-0.4, -0.2) is 28.1 Å². The Morgan fingerprint density at radius 1 is 1.52 bits per heavy atom. The molecule has 124 valence electrons. The molecule has 0 saturated carbocycles. The minimum Gasteiger partial charge on any atom is -0.477 e. The number of nitrogens with one attached hydrogen (secondary N) is 1. The SMILES string of the molecule is CCC(C)OC(=O)C(=CNc1ccc(F)c([N+](=O)[O-])c1)C(=O)O. The van der Waals surface area contributed by atoms with Crippen molar-refractivity contribution in [2.75, 3.05) is 5.32 Å². The second kappa shape index (κ2) is 7.87. The van der Waals surface area contributed by atoms with E-state index in [0.717, 1.165) is 24.4 Å². The summed E-state index contributed by atoms with van der Waals surface area (Å²) in [6.45, 7) is 3.37. The molecule has 0 aliphatic rings. The number of nitro groups is 1. The number of hydrogen-bond acceptors (Lipinski definition) is 6. The Kier molecular flexibility index (Phi) is 6.19. The van der Waals surface area contributed by atoms with Crippen LogP contribution in [0.4, 0.5) is 15.8 Å². The molecule has 0 heterocycles. The first kappa shape index (κ1) is 18.1. The van der Waals surface area contributed by atoms with Crippen molar-refractivity contribution in [2.45, 2.75) is 26.4 Å². The summed E-state index contributed by atoms with van der Waals surface area (Å²) in [6, 6.07) is 2.90. The summed E-state index contributed by atoms with van der Waals surface area (Å²) in [5.41, 5.74) is -1.41. The number of nitrogens with zero attached hydrogens (tertiary/aromatic N) is 1. The van der Waals surface area contributed by atoms with E-state index in [-0.39, 0.29) is 5.69 Å². The van der Waals surface area contributed by atoms with Gasteiger partial charge in [0.2, 0.25) is 5.82 Å². The van der Waals surface area contributed by atoms with Gasteiger partial charge in [0.1, 0.15) is 0 Å². The summed E-state index contributed by atoms with van der Waals surface area (Å²) in [5.74, 6) is -3.60. The molecule has 0 amide bonds. The third kappa shape index (κ3) is 5.06. The maximum absolute atomic E-state index is 13.2. The Hall–Kier alpha value is -2.97. The molecule has 2 N–H and O–H groups in total. The van der Waals surface area contributed by atoms with Crippen molar-refractivity contribution in [3.8, 4) is 0 Å².